The lowest BCUT2D eigenvalue weighted by Gasteiger charge is -2.14. The molecular formula is C20H20ClN3O3S. The first kappa shape index (κ1) is 20.1. The van der Waals surface area contributed by atoms with E-state index < -0.39 is 15.9 Å². The fraction of sp³-hybridized carbons (Fsp3) is 0.150. The number of carbonyl (C=O) groups is 1. The highest BCUT2D eigenvalue weighted by atomic mass is 35.5. The van der Waals surface area contributed by atoms with E-state index in [0.717, 1.165) is 0 Å². The third-order valence-corrected chi connectivity index (χ3v) is 5.78. The highest BCUT2D eigenvalue weighted by Gasteiger charge is 2.18. The maximum absolute atomic E-state index is 12.8. The van der Waals surface area contributed by atoms with E-state index in [1.165, 1.54) is 12.1 Å². The number of anilines is 1. The summed E-state index contributed by atoms with van der Waals surface area (Å²) >= 11 is 6.10. The summed E-state index contributed by atoms with van der Waals surface area (Å²) in [6.07, 6.45) is 3.68. The number of nitrogens with one attached hydrogen (secondary N) is 2. The van der Waals surface area contributed by atoms with E-state index in [0.29, 0.717) is 16.4 Å². The number of sulfonamides is 1. The van der Waals surface area contributed by atoms with Crippen molar-refractivity contribution in [2.75, 3.05) is 5.32 Å². The van der Waals surface area contributed by atoms with Crippen molar-refractivity contribution in [1.82, 2.24) is 9.29 Å². The Kier molecular flexibility index (Phi) is 5.88. The summed E-state index contributed by atoms with van der Waals surface area (Å²) in [7, 11) is -3.69. The molecule has 28 heavy (non-hydrogen) atoms. The van der Waals surface area contributed by atoms with E-state index in [-0.39, 0.29) is 16.5 Å². The van der Waals surface area contributed by atoms with Gasteiger partial charge in [0.1, 0.15) is 0 Å². The number of nitrogens with zero attached hydrogens (tertiary/aromatic N) is 1. The van der Waals surface area contributed by atoms with E-state index in [4.69, 9.17) is 11.6 Å². The molecule has 0 spiro atoms. The second kappa shape index (κ2) is 8.18. The summed E-state index contributed by atoms with van der Waals surface area (Å²) < 4.78 is 29.1. The normalized spacial score (nSPS) is 11.6. The standard InChI is InChI=1S/C20H20ClN3O3S/c1-14(2)23-28(26,27)17-7-5-6-15(12-17)20(25)22-18-9-8-16(21)13-19(18)24-10-3-4-11-24/h3-14,23H,1-2H3,(H,22,25). The molecule has 0 radical (unpaired) electrons. The second-order valence-electron chi connectivity index (χ2n) is 6.51. The van der Waals surface area contributed by atoms with E-state index >= 15 is 0 Å². The zero-order valence-electron chi connectivity index (χ0n) is 15.4. The molecule has 2 aromatic carbocycles. The largest absolute Gasteiger partial charge is 0.322 e. The van der Waals surface area contributed by atoms with E-state index in [1.54, 1.807) is 44.2 Å². The Morgan fingerprint density at radius 1 is 1.04 bits per heavy atom. The maximum Gasteiger partial charge on any atom is 0.255 e. The maximum atomic E-state index is 12.8. The third-order valence-electron chi connectivity index (χ3n) is 3.89. The summed E-state index contributed by atoms with van der Waals surface area (Å²) in [5.41, 5.74) is 1.50. The van der Waals surface area contributed by atoms with Crippen LogP contribution in [-0.4, -0.2) is 24.9 Å². The lowest BCUT2D eigenvalue weighted by Crippen LogP contribution is -2.30. The third kappa shape index (κ3) is 4.62. The summed E-state index contributed by atoms with van der Waals surface area (Å²) in [6.45, 7) is 3.47. The number of hydrogen-bond acceptors (Lipinski definition) is 3. The van der Waals surface area contributed by atoms with Crippen molar-refractivity contribution in [2.24, 2.45) is 0 Å². The highest BCUT2D eigenvalue weighted by Crippen LogP contribution is 2.25. The molecular weight excluding hydrogens is 398 g/mol. The number of carbonyl (C=O) groups excluding carboxylic acids is 1. The molecule has 0 unspecified atom stereocenters. The van der Waals surface area contributed by atoms with Crippen LogP contribution in [-0.2, 0) is 10.0 Å². The van der Waals surface area contributed by atoms with Gasteiger partial charge in [0, 0.05) is 29.0 Å². The lowest BCUT2D eigenvalue weighted by molar-refractivity contribution is 0.102. The van der Waals surface area contributed by atoms with Crippen LogP contribution in [0.5, 0.6) is 0 Å². The Morgan fingerprint density at radius 3 is 2.43 bits per heavy atom. The zero-order chi connectivity index (χ0) is 20.3. The first-order valence-electron chi connectivity index (χ1n) is 8.63. The minimum Gasteiger partial charge on any atom is -0.322 e. The van der Waals surface area contributed by atoms with Gasteiger partial charge in [0.05, 0.1) is 16.3 Å². The van der Waals surface area contributed by atoms with Gasteiger partial charge in [-0.15, -0.1) is 0 Å². The van der Waals surface area contributed by atoms with Crippen molar-refractivity contribution in [1.29, 1.82) is 0 Å². The topological polar surface area (TPSA) is 80.2 Å². The molecule has 3 aromatic rings. The molecule has 2 N–H and O–H groups in total. The van der Waals surface area contributed by atoms with Gasteiger partial charge in [-0.3, -0.25) is 4.79 Å². The Hall–Kier alpha value is -2.61. The molecule has 0 fully saturated rings. The number of amides is 1. The van der Waals surface area contributed by atoms with Crippen molar-refractivity contribution >= 4 is 33.2 Å². The van der Waals surface area contributed by atoms with Crippen LogP contribution in [0.25, 0.3) is 5.69 Å². The summed E-state index contributed by atoms with van der Waals surface area (Å²) in [4.78, 5) is 12.8. The molecule has 6 nitrogen and oxygen atoms in total. The van der Waals surface area contributed by atoms with Crippen LogP contribution in [0.15, 0.2) is 71.9 Å². The Bertz CT molecular complexity index is 1090. The molecule has 0 saturated carbocycles. The second-order valence-corrected chi connectivity index (χ2v) is 8.66. The Morgan fingerprint density at radius 2 is 1.75 bits per heavy atom. The average Bonchev–Trinajstić information content (AvgIpc) is 3.17. The number of halogens is 1. The number of aromatic nitrogens is 1. The van der Waals surface area contributed by atoms with Gasteiger partial charge < -0.3 is 9.88 Å². The smallest absolute Gasteiger partial charge is 0.255 e. The fourth-order valence-electron chi connectivity index (χ4n) is 2.70. The lowest BCUT2D eigenvalue weighted by atomic mass is 10.2. The molecule has 0 aliphatic heterocycles. The van der Waals surface area contributed by atoms with E-state index in [9.17, 15) is 13.2 Å². The SMILES string of the molecule is CC(C)NS(=O)(=O)c1cccc(C(=O)Nc2ccc(Cl)cc2-n2cccc2)c1. The summed E-state index contributed by atoms with van der Waals surface area (Å²) in [5.74, 6) is -0.419. The number of rotatable bonds is 6. The highest BCUT2D eigenvalue weighted by molar-refractivity contribution is 7.89. The zero-order valence-corrected chi connectivity index (χ0v) is 17.0. The molecule has 1 amide bonds. The van der Waals surface area contributed by atoms with Gasteiger partial charge in [0.2, 0.25) is 10.0 Å². The first-order valence-corrected chi connectivity index (χ1v) is 10.5. The first-order chi connectivity index (χ1) is 13.3. The number of hydrogen-bond donors (Lipinski definition) is 2. The molecule has 0 aliphatic carbocycles. The minimum absolute atomic E-state index is 0.0376. The van der Waals surface area contributed by atoms with Crippen LogP contribution in [0.4, 0.5) is 5.69 Å². The number of benzene rings is 2. The monoisotopic (exact) mass is 417 g/mol. The van der Waals surface area contributed by atoms with Crippen molar-refractivity contribution in [3.63, 3.8) is 0 Å². The predicted molar refractivity (Wildman–Crippen MR) is 111 cm³/mol. The molecule has 146 valence electrons. The van der Waals surface area contributed by atoms with Crippen LogP contribution < -0.4 is 10.0 Å². The molecule has 1 heterocycles. The van der Waals surface area contributed by atoms with Gasteiger partial charge >= 0.3 is 0 Å². The van der Waals surface area contributed by atoms with Crippen molar-refractivity contribution in [3.05, 3.63) is 77.6 Å². The average molecular weight is 418 g/mol. The minimum atomic E-state index is -3.69. The molecule has 1 aromatic heterocycles. The van der Waals surface area contributed by atoms with Crippen molar-refractivity contribution in [3.8, 4) is 5.69 Å². The summed E-state index contributed by atoms with van der Waals surface area (Å²) in [5, 5.41) is 3.36. The molecule has 0 aliphatic rings. The van der Waals surface area contributed by atoms with Crippen LogP contribution in [0.3, 0.4) is 0 Å². The van der Waals surface area contributed by atoms with Crippen LogP contribution in [0, 0.1) is 0 Å². The van der Waals surface area contributed by atoms with E-state index in [1.807, 2.05) is 29.1 Å². The van der Waals surface area contributed by atoms with E-state index in [2.05, 4.69) is 10.0 Å². The molecule has 0 bridgehead atoms. The van der Waals surface area contributed by atoms with Crippen LogP contribution >= 0.6 is 11.6 Å². The van der Waals surface area contributed by atoms with Gasteiger partial charge in [-0.05, 0) is 62.4 Å². The van der Waals surface area contributed by atoms with Crippen molar-refractivity contribution in [2.45, 2.75) is 24.8 Å². The van der Waals surface area contributed by atoms with Crippen LogP contribution in [0.1, 0.15) is 24.2 Å². The van der Waals surface area contributed by atoms with Gasteiger partial charge in [-0.1, -0.05) is 17.7 Å². The Labute approximate surface area is 169 Å². The fourth-order valence-corrected chi connectivity index (χ4v) is 4.16. The van der Waals surface area contributed by atoms with Crippen LogP contribution in [0.2, 0.25) is 5.02 Å². The quantitative estimate of drug-likeness (QED) is 0.634. The van der Waals surface area contributed by atoms with Crippen molar-refractivity contribution < 1.29 is 13.2 Å². The molecule has 0 saturated heterocycles. The molecule has 8 heteroatoms. The predicted octanol–water partition coefficient (Wildman–Crippen LogP) is 4.07. The van der Waals surface area contributed by atoms with Gasteiger partial charge in [-0.2, -0.15) is 0 Å². The molecule has 0 atom stereocenters. The summed E-state index contributed by atoms with van der Waals surface area (Å²) in [6, 6.07) is 14.5. The van der Waals surface area contributed by atoms with Gasteiger partial charge in [0.15, 0.2) is 0 Å². The molecule has 3 rings (SSSR count). The van der Waals surface area contributed by atoms with Gasteiger partial charge in [-0.25, -0.2) is 13.1 Å². The van der Waals surface area contributed by atoms with Gasteiger partial charge in [0.25, 0.3) is 5.91 Å². The Balaban J connectivity index is 1.90.